The summed E-state index contributed by atoms with van der Waals surface area (Å²) in [7, 11) is 0. The van der Waals surface area contributed by atoms with Crippen LogP contribution in [0.3, 0.4) is 0 Å². The number of nitrogens with two attached hydrogens (primary N) is 1. The number of hydrogen-bond acceptors (Lipinski definition) is 4. The lowest BCUT2D eigenvalue weighted by molar-refractivity contribution is 0.0145. The molecule has 0 aromatic heterocycles. The van der Waals surface area contributed by atoms with E-state index in [1.54, 1.807) is 4.90 Å². The molecule has 3 N–H and O–H groups in total. The SMILES string of the molecule is CC(C)(C)OC(=O)N1CCN(CCCN=C(N)Nc2ccc3c(c2)CCC3)CC1.I. The van der Waals surface area contributed by atoms with E-state index in [4.69, 9.17) is 10.5 Å². The van der Waals surface area contributed by atoms with Crippen molar-refractivity contribution in [2.24, 2.45) is 10.7 Å². The molecule has 1 aliphatic carbocycles. The predicted octanol–water partition coefficient (Wildman–Crippen LogP) is 3.46. The number of halogens is 1. The molecule has 0 radical (unpaired) electrons. The highest BCUT2D eigenvalue weighted by atomic mass is 127. The summed E-state index contributed by atoms with van der Waals surface area (Å²) in [6.07, 6.45) is 4.31. The quantitative estimate of drug-likeness (QED) is 0.264. The Morgan fingerprint density at radius 1 is 1.17 bits per heavy atom. The highest BCUT2D eigenvalue weighted by Crippen LogP contribution is 2.24. The Morgan fingerprint density at radius 3 is 2.57 bits per heavy atom. The van der Waals surface area contributed by atoms with E-state index in [2.05, 4.69) is 33.4 Å². The Labute approximate surface area is 197 Å². The van der Waals surface area contributed by atoms with Crippen LogP contribution < -0.4 is 11.1 Å². The Balaban J connectivity index is 0.00000320. The topological polar surface area (TPSA) is 83.2 Å². The minimum atomic E-state index is -0.444. The van der Waals surface area contributed by atoms with Crippen LogP contribution in [-0.2, 0) is 17.6 Å². The first-order valence-corrected chi connectivity index (χ1v) is 10.7. The molecule has 0 atom stereocenters. The van der Waals surface area contributed by atoms with Gasteiger partial charge in [-0.1, -0.05) is 6.07 Å². The first kappa shape index (κ1) is 24.7. The maximum atomic E-state index is 12.1. The molecule has 0 saturated carbocycles. The third-order valence-corrected chi connectivity index (χ3v) is 5.31. The predicted molar refractivity (Wildman–Crippen MR) is 133 cm³/mol. The maximum absolute atomic E-state index is 12.1. The molecule has 1 fully saturated rings. The second kappa shape index (κ2) is 11.2. The summed E-state index contributed by atoms with van der Waals surface area (Å²) in [5.41, 5.74) is 9.49. The molecule has 168 valence electrons. The lowest BCUT2D eigenvalue weighted by atomic mass is 10.1. The molecule has 30 heavy (non-hydrogen) atoms. The number of nitrogens with one attached hydrogen (secondary N) is 1. The summed E-state index contributed by atoms with van der Waals surface area (Å²) in [6.45, 7) is 10.5. The minimum Gasteiger partial charge on any atom is -0.444 e. The van der Waals surface area contributed by atoms with Gasteiger partial charge in [-0.15, -0.1) is 24.0 Å². The number of fused-ring (bicyclic) bond motifs is 1. The molecule has 7 nitrogen and oxygen atoms in total. The van der Waals surface area contributed by atoms with Crippen LogP contribution in [-0.4, -0.2) is 66.7 Å². The molecular weight excluding hydrogens is 493 g/mol. The van der Waals surface area contributed by atoms with Gasteiger partial charge in [-0.05, 0) is 69.7 Å². The first-order chi connectivity index (χ1) is 13.8. The van der Waals surface area contributed by atoms with Crippen LogP contribution in [0.15, 0.2) is 23.2 Å². The van der Waals surface area contributed by atoms with Crippen molar-refractivity contribution < 1.29 is 9.53 Å². The number of carbonyl (C=O) groups excluding carboxylic acids is 1. The van der Waals surface area contributed by atoms with Crippen LogP contribution in [0.4, 0.5) is 10.5 Å². The van der Waals surface area contributed by atoms with Crippen molar-refractivity contribution in [3.8, 4) is 0 Å². The van der Waals surface area contributed by atoms with Gasteiger partial charge < -0.3 is 20.7 Å². The van der Waals surface area contributed by atoms with Crippen molar-refractivity contribution in [1.82, 2.24) is 9.80 Å². The van der Waals surface area contributed by atoms with Crippen molar-refractivity contribution >= 4 is 41.7 Å². The van der Waals surface area contributed by atoms with Crippen LogP contribution in [0.5, 0.6) is 0 Å². The average molecular weight is 529 g/mol. The van der Waals surface area contributed by atoms with Gasteiger partial charge in [-0.2, -0.15) is 0 Å². The van der Waals surface area contributed by atoms with Crippen molar-refractivity contribution in [3.63, 3.8) is 0 Å². The van der Waals surface area contributed by atoms with E-state index in [0.717, 1.165) is 38.2 Å². The van der Waals surface area contributed by atoms with E-state index in [1.807, 2.05) is 20.8 Å². The van der Waals surface area contributed by atoms with Gasteiger partial charge in [0.2, 0.25) is 0 Å². The highest BCUT2D eigenvalue weighted by Gasteiger charge is 2.25. The Hall–Kier alpha value is -1.55. The molecular formula is C22H36IN5O2. The van der Waals surface area contributed by atoms with Gasteiger partial charge in [0.05, 0.1) is 0 Å². The largest absolute Gasteiger partial charge is 0.444 e. The van der Waals surface area contributed by atoms with E-state index < -0.39 is 5.60 Å². The van der Waals surface area contributed by atoms with Gasteiger partial charge in [0, 0.05) is 45.0 Å². The van der Waals surface area contributed by atoms with E-state index >= 15 is 0 Å². The third kappa shape index (κ3) is 7.61. The van der Waals surface area contributed by atoms with Crippen molar-refractivity contribution in [2.75, 3.05) is 44.6 Å². The number of guanidine groups is 1. The summed E-state index contributed by atoms with van der Waals surface area (Å²) < 4.78 is 5.44. The summed E-state index contributed by atoms with van der Waals surface area (Å²) in [6, 6.07) is 6.46. The number of nitrogens with zero attached hydrogens (tertiary/aromatic N) is 3. The molecule has 2 aliphatic rings. The third-order valence-electron chi connectivity index (χ3n) is 5.31. The number of amides is 1. The van der Waals surface area contributed by atoms with E-state index in [9.17, 15) is 4.79 Å². The number of piperazine rings is 1. The molecule has 1 aliphatic heterocycles. The van der Waals surface area contributed by atoms with Gasteiger partial charge in [0.15, 0.2) is 5.96 Å². The standard InChI is InChI=1S/C22H35N5O2.HI/c1-22(2,3)29-21(28)27-14-12-26(13-15-27)11-5-10-24-20(23)25-19-9-8-17-6-4-7-18(17)16-19;/h8-9,16H,4-7,10-15H2,1-3H3,(H3,23,24,25);1H. The summed E-state index contributed by atoms with van der Waals surface area (Å²) in [4.78, 5) is 20.7. The van der Waals surface area contributed by atoms with E-state index in [-0.39, 0.29) is 30.1 Å². The van der Waals surface area contributed by atoms with Gasteiger partial charge in [-0.25, -0.2) is 4.79 Å². The Bertz CT molecular complexity index is 740. The van der Waals surface area contributed by atoms with Crippen molar-refractivity contribution in [1.29, 1.82) is 0 Å². The number of rotatable bonds is 5. The molecule has 1 aromatic rings. The number of anilines is 1. The summed E-state index contributed by atoms with van der Waals surface area (Å²) in [5.74, 6) is 0.470. The van der Waals surface area contributed by atoms with Crippen LogP contribution >= 0.6 is 24.0 Å². The minimum absolute atomic E-state index is 0. The van der Waals surface area contributed by atoms with Gasteiger partial charge in [0.1, 0.15) is 5.60 Å². The second-order valence-electron chi connectivity index (χ2n) is 8.89. The van der Waals surface area contributed by atoms with Gasteiger partial charge >= 0.3 is 6.09 Å². The van der Waals surface area contributed by atoms with Crippen molar-refractivity contribution in [2.45, 2.75) is 52.1 Å². The van der Waals surface area contributed by atoms with E-state index in [0.29, 0.717) is 25.6 Å². The molecule has 3 rings (SSSR count). The molecule has 0 spiro atoms. The maximum Gasteiger partial charge on any atom is 0.410 e. The summed E-state index contributed by atoms with van der Waals surface area (Å²) >= 11 is 0. The molecule has 0 bridgehead atoms. The van der Waals surface area contributed by atoms with Gasteiger partial charge in [0.25, 0.3) is 0 Å². The normalized spacial score (nSPS) is 17.3. The number of benzene rings is 1. The number of hydrogen-bond donors (Lipinski definition) is 2. The number of carbonyl (C=O) groups is 1. The molecule has 1 amide bonds. The van der Waals surface area contributed by atoms with Crippen LogP contribution in [0, 0.1) is 0 Å². The lowest BCUT2D eigenvalue weighted by Gasteiger charge is -2.35. The van der Waals surface area contributed by atoms with E-state index in [1.165, 1.54) is 24.0 Å². The second-order valence-corrected chi connectivity index (χ2v) is 8.89. The molecule has 8 heteroatoms. The molecule has 1 heterocycles. The number of aliphatic imine (C=N–C) groups is 1. The van der Waals surface area contributed by atoms with Crippen LogP contribution in [0.25, 0.3) is 0 Å². The zero-order valence-corrected chi connectivity index (χ0v) is 20.8. The monoisotopic (exact) mass is 529 g/mol. The fourth-order valence-electron chi connectivity index (χ4n) is 3.81. The fraction of sp³-hybridized carbons (Fsp3) is 0.636. The Kier molecular flexibility index (Phi) is 9.21. The number of ether oxygens (including phenoxy) is 1. The first-order valence-electron chi connectivity index (χ1n) is 10.7. The van der Waals surface area contributed by atoms with Crippen molar-refractivity contribution in [3.05, 3.63) is 29.3 Å². The fourth-order valence-corrected chi connectivity index (χ4v) is 3.81. The Morgan fingerprint density at radius 2 is 1.87 bits per heavy atom. The zero-order chi connectivity index (χ0) is 20.9. The highest BCUT2D eigenvalue weighted by molar-refractivity contribution is 14.0. The smallest absolute Gasteiger partial charge is 0.410 e. The average Bonchev–Trinajstić information content (AvgIpc) is 3.12. The van der Waals surface area contributed by atoms with Crippen LogP contribution in [0.1, 0.15) is 44.7 Å². The number of aryl methyl sites for hydroxylation is 2. The summed E-state index contributed by atoms with van der Waals surface area (Å²) in [5, 5.41) is 3.20. The lowest BCUT2D eigenvalue weighted by Crippen LogP contribution is -2.50. The van der Waals surface area contributed by atoms with Gasteiger partial charge in [-0.3, -0.25) is 9.89 Å². The zero-order valence-electron chi connectivity index (χ0n) is 18.4. The molecule has 0 unspecified atom stereocenters. The molecule has 1 aromatic carbocycles. The molecule has 1 saturated heterocycles. The van der Waals surface area contributed by atoms with Crippen LogP contribution in [0.2, 0.25) is 0 Å².